The summed E-state index contributed by atoms with van der Waals surface area (Å²) >= 11 is 34.6. The number of hydrogen-bond acceptors (Lipinski definition) is 14. The van der Waals surface area contributed by atoms with Gasteiger partial charge in [0.15, 0.2) is 0 Å². The summed E-state index contributed by atoms with van der Waals surface area (Å²) in [5.41, 5.74) is 4.65. The van der Waals surface area contributed by atoms with Gasteiger partial charge in [-0.1, -0.05) is 131 Å². The Bertz CT molecular complexity index is 5330. The second-order valence-electron chi connectivity index (χ2n) is 23.1. The lowest BCUT2D eigenvalue weighted by molar-refractivity contribution is -0.274. The quantitative estimate of drug-likeness (QED) is 0.0500. The van der Waals surface area contributed by atoms with Crippen LogP contribution in [0.1, 0.15) is 59.1 Å². The molecule has 0 saturated carbocycles. The van der Waals surface area contributed by atoms with Crippen molar-refractivity contribution in [2.45, 2.75) is 77.5 Å². The fraction of sp³-hybridized carbons (Fsp3) is 0.250. The van der Waals surface area contributed by atoms with Crippen LogP contribution in [0.25, 0.3) is 62.0 Å². The lowest BCUT2D eigenvalue weighted by Crippen LogP contribution is -2.40. The Hall–Kier alpha value is -7.88. The molecule has 0 amide bonds. The number of halogens is 8. The SMILES string of the molecule is Cn1c(=O)n(CCCO)c(=O)c2c(Cc3ccc(Cl)cc3)c(-c3cccc(Cl)c3)sc21.Cn1c(=O)n(CCCO)c(=O)c2c(Cc3ccc(Cl)cc3)c(-c3cccc(OC(F)(F)F)c3)sc21.O=c1c2c(Cc3ccc(Cl)cc3)c(-c3cccc(Cl)c3)sc2n(CCCO)c(=O)n1CCCO. The van der Waals surface area contributed by atoms with Crippen molar-refractivity contribution in [3.05, 3.63) is 267 Å². The zero-order chi connectivity index (χ0) is 71.7. The Kier molecular flexibility index (Phi) is 24.9. The number of aromatic nitrogens is 6. The lowest BCUT2D eigenvalue weighted by atomic mass is 10.00. The zero-order valence-corrected chi connectivity index (χ0v) is 59.8. The van der Waals surface area contributed by atoms with Crippen molar-refractivity contribution in [3.63, 3.8) is 0 Å². The highest BCUT2D eigenvalue weighted by molar-refractivity contribution is 7.23. The number of fused-ring (bicyclic) bond motifs is 3. The van der Waals surface area contributed by atoms with Crippen molar-refractivity contribution in [2.75, 3.05) is 26.4 Å². The fourth-order valence-electron chi connectivity index (χ4n) is 11.5. The molecule has 0 aliphatic heterocycles. The van der Waals surface area contributed by atoms with E-state index >= 15 is 0 Å². The molecule has 4 N–H and O–H groups in total. The van der Waals surface area contributed by atoms with Crippen LogP contribution in [0, 0.1) is 0 Å². The molecule has 0 spiro atoms. The molecular weight excluding hydrogens is 1460 g/mol. The van der Waals surface area contributed by atoms with Gasteiger partial charge in [0.1, 0.15) is 20.2 Å². The van der Waals surface area contributed by atoms with E-state index in [0.29, 0.717) is 104 Å². The number of benzene rings is 6. The normalized spacial score (nSPS) is 11.5. The van der Waals surface area contributed by atoms with E-state index in [0.717, 1.165) is 64.6 Å². The van der Waals surface area contributed by atoms with E-state index in [4.69, 9.17) is 58.0 Å². The van der Waals surface area contributed by atoms with Gasteiger partial charge in [-0.05, 0) is 168 Å². The summed E-state index contributed by atoms with van der Waals surface area (Å²) in [7, 11) is 3.21. The highest BCUT2D eigenvalue weighted by atomic mass is 35.5. The van der Waals surface area contributed by atoms with Crippen LogP contribution < -0.4 is 38.5 Å². The van der Waals surface area contributed by atoms with E-state index in [1.54, 1.807) is 66.2 Å². The lowest BCUT2D eigenvalue weighted by Gasteiger charge is -2.12. The number of rotatable bonds is 22. The smallest absolute Gasteiger partial charge is 0.406 e. The Morgan fingerprint density at radius 2 is 0.700 bits per heavy atom. The van der Waals surface area contributed by atoms with Crippen LogP contribution in [0.4, 0.5) is 13.2 Å². The summed E-state index contributed by atoms with van der Waals surface area (Å²) < 4.78 is 50.4. The number of thiophene rings is 3. The van der Waals surface area contributed by atoms with E-state index in [1.165, 1.54) is 66.2 Å². The molecule has 0 fully saturated rings. The zero-order valence-electron chi connectivity index (χ0n) is 53.5. The maximum Gasteiger partial charge on any atom is 0.573 e. The van der Waals surface area contributed by atoms with Crippen molar-refractivity contribution in [3.8, 4) is 37.1 Å². The Morgan fingerprint density at radius 1 is 0.390 bits per heavy atom. The van der Waals surface area contributed by atoms with Gasteiger partial charge in [0.05, 0.1) is 16.2 Å². The van der Waals surface area contributed by atoms with Gasteiger partial charge in [-0.25, -0.2) is 14.4 Å². The number of aliphatic hydroxyl groups excluding tert-OH is 4. The Balaban J connectivity index is 0.000000162. The van der Waals surface area contributed by atoms with Gasteiger partial charge in [-0.15, -0.1) is 47.2 Å². The number of hydrogen-bond donors (Lipinski definition) is 4. The third kappa shape index (κ3) is 17.0. The molecule has 0 saturated heterocycles. The molecule has 0 unspecified atom stereocenters. The van der Waals surface area contributed by atoms with Crippen LogP contribution in [0.2, 0.25) is 25.1 Å². The van der Waals surface area contributed by atoms with Crippen molar-refractivity contribution in [1.29, 1.82) is 0 Å². The molecule has 12 aromatic rings. The molecule has 0 bridgehead atoms. The molecular formula is C72H64Cl5F3N6O11S3. The fourth-order valence-corrected chi connectivity index (χ4v) is 16.1. The monoisotopic (exact) mass is 1520 g/mol. The van der Waals surface area contributed by atoms with E-state index in [9.17, 15) is 62.4 Å². The van der Waals surface area contributed by atoms with Crippen molar-refractivity contribution in [2.24, 2.45) is 14.1 Å². The van der Waals surface area contributed by atoms with Gasteiger partial charge >= 0.3 is 23.4 Å². The summed E-state index contributed by atoms with van der Waals surface area (Å²) in [6, 6.07) is 42.4. The molecule has 522 valence electrons. The number of aliphatic hydroxyl groups is 4. The van der Waals surface area contributed by atoms with E-state index in [-0.39, 0.29) is 88.0 Å². The summed E-state index contributed by atoms with van der Waals surface area (Å²) in [4.78, 5) is 83.4. The van der Waals surface area contributed by atoms with Gasteiger partial charge in [0.2, 0.25) is 0 Å². The van der Waals surface area contributed by atoms with Crippen LogP contribution in [-0.2, 0) is 59.5 Å². The maximum atomic E-state index is 13.6. The van der Waals surface area contributed by atoms with Gasteiger partial charge in [0.25, 0.3) is 16.7 Å². The van der Waals surface area contributed by atoms with Crippen molar-refractivity contribution >= 4 is 123 Å². The Morgan fingerprint density at radius 3 is 1.04 bits per heavy atom. The number of nitrogens with zero attached hydrogens (tertiary/aromatic N) is 6. The van der Waals surface area contributed by atoms with E-state index < -0.39 is 23.3 Å². The summed E-state index contributed by atoms with van der Waals surface area (Å²) in [6.07, 6.45) is -2.37. The topological polar surface area (TPSA) is 222 Å². The third-order valence-corrected chi connectivity index (χ3v) is 21.5. The summed E-state index contributed by atoms with van der Waals surface area (Å²) in [5.74, 6) is -0.390. The molecule has 0 radical (unpaired) electrons. The minimum absolute atomic E-state index is 0.0401. The first-order valence-corrected chi connectivity index (χ1v) is 35.6. The standard InChI is InChI=1S/C25H24Cl2N2O4S.C24H20ClF3N2O4S.C23H20Cl2N2O3S/c26-18-8-6-16(7-9-18)14-20-21-23(32)28(10-2-12-30)25(33)29(11-3-13-31)24(21)34-22(20)17-4-1-5-19(27)15-17;1-29-22-19(21(32)30(23(29)33)10-3-11-31)18(12-14-6-8-16(25)9-7-14)20(35-22)15-4-2-5-17(13-15)34-24(26,27)28;1-26-22-19(21(29)27(23(26)30)10-3-11-28)18(12-14-6-8-16(24)9-7-14)20(31-22)15-4-2-5-17(25)13-15/h1,4-9,15,30-31H,2-3,10-14H2;2,4-9,13,31H,3,10-12H2,1H3;2,4-9,13,28H,3,10-12H2,1H3. The molecule has 0 aliphatic rings. The minimum Gasteiger partial charge on any atom is -0.406 e. The van der Waals surface area contributed by atoms with E-state index in [2.05, 4.69) is 4.74 Å². The molecule has 12 rings (SSSR count). The molecule has 0 atom stereocenters. The van der Waals surface area contributed by atoms with Crippen LogP contribution in [-0.4, -0.2) is 80.6 Å². The third-order valence-electron chi connectivity index (χ3n) is 16.2. The molecule has 100 heavy (non-hydrogen) atoms. The van der Waals surface area contributed by atoms with Crippen LogP contribution in [0.15, 0.2) is 174 Å². The second kappa shape index (κ2) is 33.3. The largest absolute Gasteiger partial charge is 0.573 e. The molecule has 28 heteroatoms. The maximum absolute atomic E-state index is 13.6. The summed E-state index contributed by atoms with van der Waals surface area (Å²) in [6.45, 7) is 0.116. The summed E-state index contributed by atoms with van der Waals surface area (Å²) in [5, 5.41) is 41.4. The first kappa shape index (κ1) is 74.8. The number of ether oxygens (including phenoxy) is 1. The molecule has 6 heterocycles. The van der Waals surface area contributed by atoms with Gasteiger partial charge in [-0.3, -0.25) is 41.8 Å². The molecule has 0 aliphatic carbocycles. The Labute approximate surface area is 605 Å². The highest BCUT2D eigenvalue weighted by Crippen LogP contribution is 2.43. The highest BCUT2D eigenvalue weighted by Gasteiger charge is 2.32. The predicted molar refractivity (Wildman–Crippen MR) is 396 cm³/mol. The van der Waals surface area contributed by atoms with E-state index in [1.807, 2.05) is 72.8 Å². The second-order valence-corrected chi connectivity index (χ2v) is 28.3. The average molecular weight is 1520 g/mol. The predicted octanol–water partition coefficient (Wildman–Crippen LogP) is 14.2. The first-order chi connectivity index (χ1) is 47.9. The molecule has 6 aromatic carbocycles. The number of aryl methyl sites for hydroxylation is 3. The van der Waals surface area contributed by atoms with Crippen LogP contribution in [0.3, 0.4) is 0 Å². The van der Waals surface area contributed by atoms with Crippen molar-refractivity contribution in [1.82, 2.24) is 27.4 Å². The molecule has 6 aromatic heterocycles. The first-order valence-electron chi connectivity index (χ1n) is 31.3. The minimum atomic E-state index is -4.85. The average Bonchev–Trinajstić information content (AvgIpc) is 1.58. The number of alkyl halides is 3. The molecule has 17 nitrogen and oxygen atoms in total. The van der Waals surface area contributed by atoms with Crippen molar-refractivity contribution < 1.29 is 38.3 Å². The van der Waals surface area contributed by atoms with Gasteiger partial charge < -0.3 is 25.2 Å². The van der Waals surface area contributed by atoms with Crippen LogP contribution in [0.5, 0.6) is 5.75 Å². The van der Waals surface area contributed by atoms with Crippen LogP contribution >= 0.6 is 92.0 Å². The van der Waals surface area contributed by atoms with Gasteiger partial charge in [0, 0.05) is 106 Å². The van der Waals surface area contributed by atoms with Gasteiger partial charge in [-0.2, -0.15) is 0 Å².